The maximum absolute atomic E-state index is 12.6. The summed E-state index contributed by atoms with van der Waals surface area (Å²) in [6.45, 7) is 3.94. The minimum Gasteiger partial charge on any atom is -0.325 e. The first-order valence-electron chi connectivity index (χ1n) is 7.86. The number of nitrogens with one attached hydrogen (secondary N) is 2. The van der Waals surface area contributed by atoms with E-state index in [9.17, 15) is 9.59 Å². The second-order valence-electron chi connectivity index (χ2n) is 6.32. The molecule has 2 N–H and O–H groups in total. The van der Waals surface area contributed by atoms with Crippen molar-refractivity contribution in [2.45, 2.75) is 26.7 Å². The van der Waals surface area contributed by atoms with Crippen LogP contribution in [-0.2, 0) is 9.59 Å². The minimum absolute atomic E-state index is 0.249. The van der Waals surface area contributed by atoms with E-state index < -0.39 is 5.41 Å². The topological polar surface area (TPSA) is 58.2 Å². The van der Waals surface area contributed by atoms with Crippen molar-refractivity contribution in [2.24, 2.45) is 5.41 Å². The second kappa shape index (κ2) is 6.29. The molecule has 0 aliphatic heterocycles. The number of carbonyl (C=O) groups excluding carboxylic acids is 2. The number of benzene rings is 2. The minimum atomic E-state index is -0.975. The van der Waals surface area contributed by atoms with Crippen molar-refractivity contribution in [3.8, 4) is 0 Å². The molecule has 2 aromatic carbocycles. The molecule has 124 valence electrons. The smallest absolute Gasteiger partial charge is 0.240 e. The molecular formula is C19H19ClN2O2. The van der Waals surface area contributed by atoms with Crippen LogP contribution in [-0.4, -0.2) is 11.8 Å². The Morgan fingerprint density at radius 3 is 2.17 bits per heavy atom. The van der Waals surface area contributed by atoms with Crippen LogP contribution >= 0.6 is 11.6 Å². The number of hydrogen-bond acceptors (Lipinski definition) is 2. The zero-order valence-electron chi connectivity index (χ0n) is 13.7. The van der Waals surface area contributed by atoms with Gasteiger partial charge >= 0.3 is 0 Å². The number of carbonyl (C=O) groups is 2. The van der Waals surface area contributed by atoms with Crippen LogP contribution in [0.4, 0.5) is 11.4 Å². The van der Waals surface area contributed by atoms with Gasteiger partial charge in [-0.15, -0.1) is 0 Å². The van der Waals surface area contributed by atoms with Crippen LogP contribution in [0.3, 0.4) is 0 Å². The van der Waals surface area contributed by atoms with Gasteiger partial charge in [0, 0.05) is 16.4 Å². The Labute approximate surface area is 146 Å². The molecule has 2 amide bonds. The molecule has 0 saturated heterocycles. The van der Waals surface area contributed by atoms with Crippen molar-refractivity contribution in [1.82, 2.24) is 0 Å². The van der Waals surface area contributed by atoms with Gasteiger partial charge in [0.2, 0.25) is 11.8 Å². The predicted molar refractivity (Wildman–Crippen MR) is 96.3 cm³/mol. The van der Waals surface area contributed by atoms with E-state index in [2.05, 4.69) is 10.6 Å². The summed E-state index contributed by atoms with van der Waals surface area (Å²) in [6.07, 6.45) is 1.12. The Morgan fingerprint density at radius 1 is 0.958 bits per heavy atom. The van der Waals surface area contributed by atoms with E-state index in [1.807, 2.05) is 32.0 Å². The van der Waals surface area contributed by atoms with Gasteiger partial charge in [0.05, 0.1) is 0 Å². The van der Waals surface area contributed by atoms with Gasteiger partial charge in [-0.1, -0.05) is 29.3 Å². The molecule has 0 spiro atoms. The van der Waals surface area contributed by atoms with E-state index in [0.29, 0.717) is 23.6 Å². The molecule has 0 bridgehead atoms. The Kier molecular flexibility index (Phi) is 4.33. The highest BCUT2D eigenvalue weighted by Gasteiger charge is 2.56. The largest absolute Gasteiger partial charge is 0.325 e. The normalized spacial score (nSPS) is 14.8. The SMILES string of the molecule is Cc1ccc(NC(=O)C2(C(=O)Nc3ccc(Cl)cc3)CC2)c(C)c1. The Hall–Kier alpha value is -2.33. The molecule has 24 heavy (non-hydrogen) atoms. The third-order valence-corrected chi connectivity index (χ3v) is 4.60. The highest BCUT2D eigenvalue weighted by molar-refractivity contribution is 6.30. The Bertz CT molecular complexity index is 796. The van der Waals surface area contributed by atoms with Gasteiger partial charge < -0.3 is 10.6 Å². The molecule has 1 fully saturated rings. The lowest BCUT2D eigenvalue weighted by molar-refractivity contribution is -0.131. The maximum atomic E-state index is 12.6. The average molecular weight is 343 g/mol. The highest BCUT2D eigenvalue weighted by Crippen LogP contribution is 2.47. The van der Waals surface area contributed by atoms with E-state index in [4.69, 9.17) is 11.6 Å². The van der Waals surface area contributed by atoms with E-state index in [1.165, 1.54) is 0 Å². The molecular weight excluding hydrogens is 324 g/mol. The first-order chi connectivity index (χ1) is 11.4. The molecule has 3 rings (SSSR count). The van der Waals surface area contributed by atoms with Crippen molar-refractivity contribution in [3.63, 3.8) is 0 Å². The van der Waals surface area contributed by atoms with Crippen molar-refractivity contribution in [3.05, 3.63) is 58.6 Å². The molecule has 0 aromatic heterocycles. The average Bonchev–Trinajstić information content (AvgIpc) is 3.34. The van der Waals surface area contributed by atoms with E-state index in [1.54, 1.807) is 24.3 Å². The third-order valence-electron chi connectivity index (χ3n) is 4.35. The Balaban J connectivity index is 1.71. The first kappa shape index (κ1) is 16.5. The monoisotopic (exact) mass is 342 g/mol. The zero-order valence-corrected chi connectivity index (χ0v) is 14.4. The highest BCUT2D eigenvalue weighted by atomic mass is 35.5. The van der Waals surface area contributed by atoms with Gasteiger partial charge in [-0.2, -0.15) is 0 Å². The molecule has 0 heterocycles. The summed E-state index contributed by atoms with van der Waals surface area (Å²) in [4.78, 5) is 25.2. The standard InChI is InChI=1S/C19H19ClN2O2/c1-12-3-8-16(13(2)11-12)22-18(24)19(9-10-19)17(23)21-15-6-4-14(20)5-7-15/h3-8,11H,9-10H2,1-2H3,(H,21,23)(H,22,24). The summed E-state index contributed by atoms with van der Waals surface area (Å²) < 4.78 is 0. The van der Waals surface area contributed by atoms with E-state index >= 15 is 0 Å². The van der Waals surface area contributed by atoms with Crippen molar-refractivity contribution >= 4 is 34.8 Å². The van der Waals surface area contributed by atoms with Crippen LogP contribution in [0.25, 0.3) is 0 Å². The summed E-state index contributed by atoms with van der Waals surface area (Å²) in [5, 5.41) is 6.30. The van der Waals surface area contributed by atoms with Crippen LogP contribution in [0, 0.1) is 19.3 Å². The van der Waals surface area contributed by atoms with E-state index in [0.717, 1.165) is 16.8 Å². The summed E-state index contributed by atoms with van der Waals surface area (Å²) in [5.74, 6) is -0.520. The van der Waals surface area contributed by atoms with Crippen molar-refractivity contribution in [2.75, 3.05) is 10.6 Å². The number of amides is 2. The summed E-state index contributed by atoms with van der Waals surface area (Å²) in [6, 6.07) is 12.7. The molecule has 0 unspecified atom stereocenters. The van der Waals surface area contributed by atoms with Crippen molar-refractivity contribution in [1.29, 1.82) is 0 Å². The lowest BCUT2D eigenvalue weighted by Gasteiger charge is -2.16. The van der Waals surface area contributed by atoms with Crippen LogP contribution in [0.2, 0.25) is 5.02 Å². The molecule has 0 radical (unpaired) electrons. The van der Waals surface area contributed by atoms with Gasteiger partial charge in [-0.3, -0.25) is 9.59 Å². The molecule has 0 atom stereocenters. The zero-order chi connectivity index (χ0) is 17.3. The fraction of sp³-hybridized carbons (Fsp3) is 0.263. The first-order valence-corrected chi connectivity index (χ1v) is 8.24. The Morgan fingerprint density at radius 2 is 1.58 bits per heavy atom. The summed E-state index contributed by atoms with van der Waals surface area (Å²) >= 11 is 5.84. The van der Waals surface area contributed by atoms with Crippen molar-refractivity contribution < 1.29 is 9.59 Å². The predicted octanol–water partition coefficient (Wildman–Crippen LogP) is 4.31. The molecule has 2 aromatic rings. The van der Waals surface area contributed by atoms with Crippen LogP contribution in [0.1, 0.15) is 24.0 Å². The second-order valence-corrected chi connectivity index (χ2v) is 6.75. The van der Waals surface area contributed by atoms with Gasteiger partial charge in [0.15, 0.2) is 0 Å². The third kappa shape index (κ3) is 3.29. The number of aryl methyl sites for hydroxylation is 2. The van der Waals surface area contributed by atoms with Gasteiger partial charge in [0.25, 0.3) is 0 Å². The maximum Gasteiger partial charge on any atom is 0.240 e. The number of anilines is 2. The lowest BCUT2D eigenvalue weighted by Crippen LogP contribution is -2.35. The quantitative estimate of drug-likeness (QED) is 0.813. The fourth-order valence-corrected chi connectivity index (χ4v) is 2.79. The van der Waals surface area contributed by atoms with E-state index in [-0.39, 0.29) is 11.8 Å². The molecule has 5 heteroatoms. The molecule has 1 aliphatic rings. The summed E-state index contributed by atoms with van der Waals surface area (Å²) in [5.41, 5.74) is 2.52. The van der Waals surface area contributed by atoms with Gasteiger partial charge in [-0.05, 0) is 62.6 Å². The fourth-order valence-electron chi connectivity index (χ4n) is 2.66. The van der Waals surface area contributed by atoms with Crippen LogP contribution in [0.15, 0.2) is 42.5 Å². The number of rotatable bonds is 4. The van der Waals surface area contributed by atoms with Gasteiger partial charge in [-0.25, -0.2) is 0 Å². The molecule has 1 saturated carbocycles. The van der Waals surface area contributed by atoms with Crippen LogP contribution < -0.4 is 10.6 Å². The van der Waals surface area contributed by atoms with Gasteiger partial charge in [0.1, 0.15) is 5.41 Å². The number of halogens is 1. The summed E-state index contributed by atoms with van der Waals surface area (Å²) in [7, 11) is 0. The van der Waals surface area contributed by atoms with Crippen LogP contribution in [0.5, 0.6) is 0 Å². The number of hydrogen-bond donors (Lipinski definition) is 2. The molecule has 4 nitrogen and oxygen atoms in total. The molecule has 1 aliphatic carbocycles. The lowest BCUT2D eigenvalue weighted by atomic mass is 10.0.